The number of fused-ring (bicyclic) bond motifs is 1. The molecule has 2 aromatic rings. The first kappa shape index (κ1) is 22.3. The zero-order valence-corrected chi connectivity index (χ0v) is 17.9. The number of halogens is 2. The highest BCUT2D eigenvalue weighted by atomic mass is 19.3. The molecule has 2 aromatic carbocycles. The van der Waals surface area contributed by atoms with E-state index in [0.29, 0.717) is 23.4 Å². The van der Waals surface area contributed by atoms with E-state index < -0.39 is 12.8 Å². The molecule has 0 radical (unpaired) electrons. The molecular formula is C23H27F2N3O4. The molecule has 4 rings (SSSR count). The van der Waals surface area contributed by atoms with Crippen LogP contribution in [0.25, 0.3) is 0 Å². The third kappa shape index (κ3) is 4.94. The lowest BCUT2D eigenvalue weighted by molar-refractivity contribution is -0.0513. The number of alkyl halides is 2. The van der Waals surface area contributed by atoms with Crippen LogP contribution < -0.4 is 14.8 Å². The maximum absolute atomic E-state index is 13.3. The molecule has 32 heavy (non-hydrogen) atoms. The Bertz CT molecular complexity index is 937. The van der Waals surface area contributed by atoms with Crippen LogP contribution in [0.2, 0.25) is 0 Å². The number of carbonyl (C=O) groups excluding carboxylic acids is 1. The van der Waals surface area contributed by atoms with E-state index >= 15 is 0 Å². The van der Waals surface area contributed by atoms with Gasteiger partial charge in [-0.2, -0.15) is 8.78 Å². The number of para-hydroxylation sites is 1. The standard InChI is InChI=1S/C23H27F2N3O4/c1-30-19-8-7-16(15-20(19)32-23(24)25)21-26-18-6-3-2-5-17(18)22(29)28(21)10-4-9-27-11-13-31-14-12-27/h2-3,5-8,15,21,23,26H,4,9-14H2,1H3/t21-/m0/s1. The summed E-state index contributed by atoms with van der Waals surface area (Å²) in [6, 6.07) is 12.1. The average Bonchev–Trinajstić information content (AvgIpc) is 2.80. The summed E-state index contributed by atoms with van der Waals surface area (Å²) < 4.78 is 41.0. The maximum atomic E-state index is 13.3. The fraction of sp³-hybridized carbons (Fsp3) is 0.435. The fourth-order valence-electron chi connectivity index (χ4n) is 4.13. The third-order valence-electron chi connectivity index (χ3n) is 5.72. The number of benzene rings is 2. The number of carbonyl (C=O) groups is 1. The van der Waals surface area contributed by atoms with Gasteiger partial charge in [0, 0.05) is 31.9 Å². The minimum Gasteiger partial charge on any atom is -0.493 e. The van der Waals surface area contributed by atoms with Crippen LogP contribution in [0.3, 0.4) is 0 Å². The maximum Gasteiger partial charge on any atom is 0.387 e. The fourth-order valence-corrected chi connectivity index (χ4v) is 4.13. The monoisotopic (exact) mass is 447 g/mol. The van der Waals surface area contributed by atoms with E-state index in [9.17, 15) is 13.6 Å². The van der Waals surface area contributed by atoms with Crippen molar-refractivity contribution in [3.63, 3.8) is 0 Å². The summed E-state index contributed by atoms with van der Waals surface area (Å²) in [5.74, 6) is 0.0373. The van der Waals surface area contributed by atoms with E-state index in [2.05, 4.69) is 15.0 Å². The van der Waals surface area contributed by atoms with E-state index in [1.807, 2.05) is 18.2 Å². The van der Waals surface area contributed by atoms with Crippen LogP contribution in [0.5, 0.6) is 11.5 Å². The Hall–Kier alpha value is -2.91. The van der Waals surface area contributed by atoms with Crippen molar-refractivity contribution < 1.29 is 27.8 Å². The molecule has 0 bridgehead atoms. The van der Waals surface area contributed by atoms with Crippen molar-refractivity contribution >= 4 is 11.6 Å². The molecule has 7 nitrogen and oxygen atoms in total. The van der Waals surface area contributed by atoms with Crippen molar-refractivity contribution in [1.29, 1.82) is 0 Å². The van der Waals surface area contributed by atoms with Crippen molar-refractivity contribution in [2.24, 2.45) is 0 Å². The molecule has 0 aromatic heterocycles. The molecule has 0 spiro atoms. The van der Waals surface area contributed by atoms with Gasteiger partial charge in [0.15, 0.2) is 11.5 Å². The molecule has 1 N–H and O–H groups in total. The molecule has 1 saturated heterocycles. The van der Waals surface area contributed by atoms with E-state index in [0.717, 1.165) is 39.3 Å². The third-order valence-corrected chi connectivity index (χ3v) is 5.72. The Kier molecular flexibility index (Phi) is 7.06. The normalized spacial score (nSPS) is 18.9. The molecule has 0 saturated carbocycles. The first-order valence-electron chi connectivity index (χ1n) is 10.7. The van der Waals surface area contributed by atoms with Crippen LogP contribution in [-0.4, -0.2) is 68.8 Å². The van der Waals surface area contributed by atoms with Crippen molar-refractivity contribution in [3.05, 3.63) is 53.6 Å². The lowest BCUT2D eigenvalue weighted by atomic mass is 10.0. The molecule has 0 aliphatic carbocycles. The molecule has 9 heteroatoms. The van der Waals surface area contributed by atoms with Gasteiger partial charge in [-0.15, -0.1) is 0 Å². The van der Waals surface area contributed by atoms with Gasteiger partial charge in [-0.05, 0) is 36.2 Å². The van der Waals surface area contributed by atoms with Gasteiger partial charge in [0.25, 0.3) is 5.91 Å². The predicted octanol–water partition coefficient (Wildman–Crippen LogP) is 3.59. The summed E-state index contributed by atoms with van der Waals surface area (Å²) in [5.41, 5.74) is 1.93. The second-order valence-electron chi connectivity index (χ2n) is 7.69. The second-order valence-corrected chi connectivity index (χ2v) is 7.69. The van der Waals surface area contributed by atoms with Gasteiger partial charge in [-0.3, -0.25) is 9.69 Å². The largest absolute Gasteiger partial charge is 0.493 e. The molecule has 2 heterocycles. The Labute approximate surface area is 185 Å². The van der Waals surface area contributed by atoms with Crippen LogP contribution in [0.15, 0.2) is 42.5 Å². The van der Waals surface area contributed by atoms with Crippen molar-refractivity contribution in [3.8, 4) is 11.5 Å². The summed E-state index contributed by atoms with van der Waals surface area (Å²) >= 11 is 0. The first-order chi connectivity index (χ1) is 15.6. The minimum absolute atomic E-state index is 0.0682. The molecule has 1 fully saturated rings. The van der Waals surface area contributed by atoms with E-state index in [1.165, 1.54) is 13.2 Å². The van der Waals surface area contributed by atoms with Crippen LogP contribution >= 0.6 is 0 Å². The Morgan fingerprint density at radius 3 is 2.66 bits per heavy atom. The minimum atomic E-state index is -2.98. The summed E-state index contributed by atoms with van der Waals surface area (Å²) in [4.78, 5) is 17.4. The molecule has 0 unspecified atom stereocenters. The Morgan fingerprint density at radius 2 is 1.91 bits per heavy atom. The van der Waals surface area contributed by atoms with Crippen LogP contribution in [0, 0.1) is 0 Å². The number of nitrogens with one attached hydrogen (secondary N) is 1. The highest BCUT2D eigenvalue weighted by Crippen LogP contribution is 2.37. The Balaban J connectivity index is 1.59. The topological polar surface area (TPSA) is 63.3 Å². The second kappa shape index (κ2) is 10.1. The number of hydrogen-bond acceptors (Lipinski definition) is 6. The zero-order chi connectivity index (χ0) is 22.5. The lowest BCUT2D eigenvalue weighted by Crippen LogP contribution is -2.44. The van der Waals surface area contributed by atoms with Gasteiger partial charge in [0.05, 0.1) is 25.9 Å². The van der Waals surface area contributed by atoms with Gasteiger partial charge >= 0.3 is 6.61 Å². The number of nitrogens with zero attached hydrogens (tertiary/aromatic N) is 2. The van der Waals surface area contributed by atoms with Gasteiger partial charge in [-0.25, -0.2) is 0 Å². The summed E-state index contributed by atoms with van der Waals surface area (Å²) in [7, 11) is 1.39. The van der Waals surface area contributed by atoms with Crippen LogP contribution in [0.1, 0.15) is 28.5 Å². The number of amides is 1. The smallest absolute Gasteiger partial charge is 0.387 e. The lowest BCUT2D eigenvalue weighted by Gasteiger charge is -2.39. The van der Waals surface area contributed by atoms with E-state index in [-0.39, 0.29) is 17.4 Å². The number of anilines is 1. The summed E-state index contributed by atoms with van der Waals surface area (Å²) in [6.07, 6.45) is 0.260. The van der Waals surface area contributed by atoms with Crippen LogP contribution in [-0.2, 0) is 4.74 Å². The quantitative estimate of drug-likeness (QED) is 0.668. The van der Waals surface area contributed by atoms with Gasteiger partial charge in [0.2, 0.25) is 0 Å². The van der Waals surface area contributed by atoms with E-state index in [1.54, 1.807) is 23.1 Å². The Morgan fingerprint density at radius 1 is 1.12 bits per heavy atom. The highest BCUT2D eigenvalue weighted by Gasteiger charge is 2.33. The van der Waals surface area contributed by atoms with E-state index in [4.69, 9.17) is 9.47 Å². The van der Waals surface area contributed by atoms with Crippen molar-refractivity contribution in [2.45, 2.75) is 19.2 Å². The molecule has 1 atom stereocenters. The summed E-state index contributed by atoms with van der Waals surface area (Å²) in [6.45, 7) is 1.59. The number of rotatable bonds is 8. The average molecular weight is 447 g/mol. The van der Waals surface area contributed by atoms with Crippen molar-refractivity contribution in [1.82, 2.24) is 9.80 Å². The summed E-state index contributed by atoms with van der Waals surface area (Å²) in [5, 5.41) is 3.39. The van der Waals surface area contributed by atoms with Crippen LogP contribution in [0.4, 0.5) is 14.5 Å². The van der Waals surface area contributed by atoms with Gasteiger partial charge in [0.1, 0.15) is 6.17 Å². The van der Waals surface area contributed by atoms with Gasteiger partial charge in [-0.1, -0.05) is 18.2 Å². The van der Waals surface area contributed by atoms with Gasteiger partial charge < -0.3 is 24.4 Å². The molecular weight excluding hydrogens is 420 g/mol. The molecule has 2 aliphatic rings. The first-order valence-corrected chi connectivity index (χ1v) is 10.7. The molecule has 172 valence electrons. The number of morpholine rings is 1. The number of hydrogen-bond donors (Lipinski definition) is 1. The zero-order valence-electron chi connectivity index (χ0n) is 17.9. The van der Waals surface area contributed by atoms with Crippen molar-refractivity contribution in [2.75, 3.05) is 51.8 Å². The highest BCUT2D eigenvalue weighted by molar-refractivity contribution is 6.01. The predicted molar refractivity (Wildman–Crippen MR) is 115 cm³/mol. The molecule has 1 amide bonds. The SMILES string of the molecule is COc1ccc([C@H]2Nc3ccccc3C(=O)N2CCCN2CCOCC2)cc1OC(F)F. The number of methoxy groups -OCH3 is 1. The number of ether oxygens (including phenoxy) is 3. The molecule has 2 aliphatic heterocycles.